The van der Waals surface area contributed by atoms with Crippen LogP contribution in [-0.4, -0.2) is 23.3 Å². The third-order valence-corrected chi connectivity index (χ3v) is 3.93. The van der Waals surface area contributed by atoms with E-state index < -0.39 is 18.2 Å². The molecule has 3 rings (SSSR count). The summed E-state index contributed by atoms with van der Waals surface area (Å²) in [5.74, 6) is -1.10. The van der Waals surface area contributed by atoms with Gasteiger partial charge in [-0.25, -0.2) is 9.59 Å². The highest BCUT2D eigenvalue weighted by molar-refractivity contribution is 5.94. The molecule has 1 N–H and O–H groups in total. The number of fused-ring (bicyclic) bond motifs is 1. The lowest BCUT2D eigenvalue weighted by Crippen LogP contribution is -2.24. The van der Waals surface area contributed by atoms with E-state index >= 15 is 0 Å². The molecule has 0 aliphatic rings. The van der Waals surface area contributed by atoms with Gasteiger partial charge in [-0.1, -0.05) is 49.4 Å². The molecule has 0 radical (unpaired) electrons. The zero-order valence-electron chi connectivity index (χ0n) is 14.2. The van der Waals surface area contributed by atoms with E-state index in [0.717, 1.165) is 10.8 Å². The number of carboxylic acids is 1. The molecule has 0 fully saturated rings. The Hall–Kier alpha value is -3.34. The third kappa shape index (κ3) is 3.83. The maximum Gasteiger partial charge on any atom is 0.341 e. The van der Waals surface area contributed by atoms with Crippen molar-refractivity contribution < 1.29 is 24.2 Å². The molecule has 0 saturated carbocycles. The van der Waals surface area contributed by atoms with Crippen molar-refractivity contribution in [1.29, 1.82) is 0 Å². The summed E-state index contributed by atoms with van der Waals surface area (Å²) in [6.07, 6.45) is -0.324. The first kappa shape index (κ1) is 17.5. The second-order valence-electron chi connectivity index (χ2n) is 5.72. The van der Waals surface area contributed by atoms with Crippen molar-refractivity contribution >= 4 is 22.7 Å². The molecule has 0 aliphatic carbocycles. The number of carboxylic acid groups (broad SMARTS) is 1. The summed E-state index contributed by atoms with van der Waals surface area (Å²) >= 11 is 0. The molecule has 0 aromatic heterocycles. The van der Waals surface area contributed by atoms with Crippen LogP contribution < -0.4 is 4.74 Å². The topological polar surface area (TPSA) is 72.8 Å². The number of hydrogen-bond donors (Lipinski definition) is 1. The summed E-state index contributed by atoms with van der Waals surface area (Å²) in [6, 6.07) is 19.2. The van der Waals surface area contributed by atoms with Crippen LogP contribution in [0.2, 0.25) is 0 Å². The second-order valence-corrected chi connectivity index (χ2v) is 5.72. The van der Waals surface area contributed by atoms with E-state index in [-0.39, 0.29) is 11.1 Å². The van der Waals surface area contributed by atoms with Gasteiger partial charge in [0.25, 0.3) is 0 Å². The highest BCUT2D eigenvalue weighted by Gasteiger charge is 2.18. The average molecular weight is 350 g/mol. The monoisotopic (exact) mass is 350 g/mol. The fourth-order valence-electron chi connectivity index (χ4n) is 2.60. The second kappa shape index (κ2) is 7.70. The van der Waals surface area contributed by atoms with E-state index in [1.165, 1.54) is 24.3 Å². The number of hydrogen-bond acceptors (Lipinski definition) is 4. The SMILES string of the molecule is CCC(OC(=O)c1cccc(C(=O)O)c1)Oc1cccc2ccccc12. The van der Waals surface area contributed by atoms with Gasteiger partial charge in [0.1, 0.15) is 5.75 Å². The molecule has 0 aliphatic heterocycles. The van der Waals surface area contributed by atoms with Gasteiger partial charge in [0.2, 0.25) is 6.29 Å². The first-order valence-corrected chi connectivity index (χ1v) is 8.27. The molecule has 0 bridgehead atoms. The Bertz CT molecular complexity index is 943. The fourth-order valence-corrected chi connectivity index (χ4v) is 2.60. The van der Waals surface area contributed by atoms with Crippen molar-refractivity contribution in [2.45, 2.75) is 19.6 Å². The first-order valence-electron chi connectivity index (χ1n) is 8.27. The van der Waals surface area contributed by atoms with Crippen LogP contribution in [-0.2, 0) is 4.74 Å². The zero-order chi connectivity index (χ0) is 18.5. The summed E-state index contributed by atoms with van der Waals surface area (Å²) in [5, 5.41) is 11.0. The molecule has 5 nitrogen and oxygen atoms in total. The number of carbonyl (C=O) groups is 2. The molecule has 3 aromatic carbocycles. The predicted octanol–water partition coefficient (Wildman–Crippen LogP) is 4.51. The summed E-state index contributed by atoms with van der Waals surface area (Å²) in [7, 11) is 0. The highest BCUT2D eigenvalue weighted by Crippen LogP contribution is 2.27. The zero-order valence-corrected chi connectivity index (χ0v) is 14.2. The van der Waals surface area contributed by atoms with Gasteiger partial charge in [0.05, 0.1) is 11.1 Å². The van der Waals surface area contributed by atoms with E-state index in [1.54, 1.807) is 0 Å². The van der Waals surface area contributed by atoms with Crippen molar-refractivity contribution in [3.63, 3.8) is 0 Å². The van der Waals surface area contributed by atoms with Crippen LogP contribution in [0.4, 0.5) is 0 Å². The van der Waals surface area contributed by atoms with Gasteiger partial charge in [-0.15, -0.1) is 0 Å². The molecule has 0 saturated heterocycles. The van der Waals surface area contributed by atoms with Crippen LogP contribution in [0.3, 0.4) is 0 Å². The van der Waals surface area contributed by atoms with E-state index in [4.69, 9.17) is 14.6 Å². The van der Waals surface area contributed by atoms with Crippen LogP contribution in [0.1, 0.15) is 34.1 Å². The molecular formula is C21H18O5. The van der Waals surface area contributed by atoms with Crippen LogP contribution in [0.25, 0.3) is 10.8 Å². The largest absolute Gasteiger partial charge is 0.478 e. The molecule has 0 spiro atoms. The normalized spacial score (nSPS) is 11.7. The average Bonchev–Trinajstić information content (AvgIpc) is 2.67. The Kier molecular flexibility index (Phi) is 5.17. The molecule has 0 heterocycles. The number of ether oxygens (including phenoxy) is 2. The van der Waals surface area contributed by atoms with Crippen LogP contribution >= 0.6 is 0 Å². The first-order chi connectivity index (χ1) is 12.6. The van der Waals surface area contributed by atoms with Crippen LogP contribution in [0.5, 0.6) is 5.75 Å². The van der Waals surface area contributed by atoms with E-state index in [1.807, 2.05) is 49.4 Å². The molecule has 0 amide bonds. The van der Waals surface area contributed by atoms with Crippen molar-refractivity contribution in [1.82, 2.24) is 0 Å². The van der Waals surface area contributed by atoms with Crippen LogP contribution in [0.15, 0.2) is 66.7 Å². The standard InChI is InChI=1S/C21H18O5/c1-2-19(25-18-12-6-8-14-7-3-4-11-17(14)18)26-21(24)16-10-5-9-15(13-16)20(22)23/h3-13,19H,2H2,1H3,(H,22,23). The number of carbonyl (C=O) groups excluding carboxylic acids is 1. The number of benzene rings is 3. The van der Waals surface area contributed by atoms with Gasteiger partial charge in [0.15, 0.2) is 0 Å². The van der Waals surface area contributed by atoms with Crippen molar-refractivity contribution in [3.05, 3.63) is 77.9 Å². The number of aromatic carboxylic acids is 1. The number of esters is 1. The van der Waals surface area contributed by atoms with Crippen molar-refractivity contribution in [3.8, 4) is 5.75 Å². The number of rotatable bonds is 6. The van der Waals surface area contributed by atoms with Gasteiger partial charge >= 0.3 is 11.9 Å². The predicted molar refractivity (Wildman–Crippen MR) is 97.5 cm³/mol. The van der Waals surface area contributed by atoms with E-state index in [2.05, 4.69) is 0 Å². The van der Waals surface area contributed by atoms with E-state index in [0.29, 0.717) is 12.2 Å². The van der Waals surface area contributed by atoms with Crippen molar-refractivity contribution in [2.24, 2.45) is 0 Å². The Labute approximate surface area is 150 Å². The smallest absolute Gasteiger partial charge is 0.341 e. The molecule has 132 valence electrons. The lowest BCUT2D eigenvalue weighted by atomic mass is 10.1. The molecule has 5 heteroatoms. The minimum Gasteiger partial charge on any atom is -0.478 e. The van der Waals surface area contributed by atoms with Crippen LogP contribution in [0, 0.1) is 0 Å². The van der Waals surface area contributed by atoms with Crippen molar-refractivity contribution in [2.75, 3.05) is 0 Å². The molecule has 1 unspecified atom stereocenters. The molecule has 1 atom stereocenters. The molecular weight excluding hydrogens is 332 g/mol. The summed E-state index contributed by atoms with van der Waals surface area (Å²) in [4.78, 5) is 23.4. The van der Waals surface area contributed by atoms with Gasteiger partial charge in [0, 0.05) is 11.8 Å². The van der Waals surface area contributed by atoms with E-state index in [9.17, 15) is 9.59 Å². The Morgan fingerprint density at radius 2 is 1.65 bits per heavy atom. The van der Waals surface area contributed by atoms with Gasteiger partial charge in [-0.3, -0.25) is 0 Å². The summed E-state index contributed by atoms with van der Waals surface area (Å²) < 4.78 is 11.3. The lowest BCUT2D eigenvalue weighted by Gasteiger charge is -2.19. The molecule has 3 aromatic rings. The highest BCUT2D eigenvalue weighted by atomic mass is 16.7. The Morgan fingerprint density at radius 1 is 0.962 bits per heavy atom. The lowest BCUT2D eigenvalue weighted by molar-refractivity contribution is -0.0490. The Balaban J connectivity index is 1.78. The van der Waals surface area contributed by atoms with Gasteiger partial charge < -0.3 is 14.6 Å². The summed E-state index contributed by atoms with van der Waals surface area (Å²) in [5.41, 5.74) is 0.201. The molecule has 26 heavy (non-hydrogen) atoms. The quantitative estimate of drug-likeness (QED) is 0.523. The minimum atomic E-state index is -1.10. The third-order valence-electron chi connectivity index (χ3n) is 3.93. The maximum atomic E-state index is 12.3. The fraction of sp³-hybridized carbons (Fsp3) is 0.143. The summed E-state index contributed by atoms with van der Waals surface area (Å²) in [6.45, 7) is 1.84. The van der Waals surface area contributed by atoms with Gasteiger partial charge in [-0.05, 0) is 29.7 Å². The minimum absolute atomic E-state index is 0.0301. The van der Waals surface area contributed by atoms with Gasteiger partial charge in [-0.2, -0.15) is 0 Å². The maximum absolute atomic E-state index is 12.3. The Morgan fingerprint density at radius 3 is 2.42 bits per heavy atom.